The lowest BCUT2D eigenvalue weighted by Crippen LogP contribution is -2.36. The van der Waals surface area contributed by atoms with Gasteiger partial charge in [0.15, 0.2) is 11.6 Å². The second kappa shape index (κ2) is 9.33. The van der Waals surface area contributed by atoms with Crippen molar-refractivity contribution < 1.29 is 31.4 Å². The number of nitrogens with one attached hydrogen (secondary N) is 2. The van der Waals surface area contributed by atoms with Crippen molar-refractivity contribution in [2.75, 3.05) is 26.1 Å². The number of aromatic amines is 1. The fourth-order valence-electron chi connectivity index (χ4n) is 3.42. The molecule has 0 saturated carbocycles. The van der Waals surface area contributed by atoms with Crippen LogP contribution in [0.3, 0.4) is 0 Å². The highest BCUT2D eigenvalue weighted by molar-refractivity contribution is 6.31. The average molecular weight is 477 g/mol. The Bertz CT molecular complexity index is 1180. The number of anilines is 1. The molecule has 2 N–H and O–H groups in total. The molecule has 0 radical (unpaired) electrons. The van der Waals surface area contributed by atoms with Gasteiger partial charge in [0.2, 0.25) is 5.56 Å². The van der Waals surface area contributed by atoms with Crippen LogP contribution in [0.1, 0.15) is 11.6 Å². The van der Waals surface area contributed by atoms with Crippen molar-refractivity contribution in [3.05, 3.63) is 69.0 Å². The number of hydrogen-bond acceptors (Lipinski definition) is 4. The smallest absolute Gasteiger partial charge is 0.396 e. The van der Waals surface area contributed by atoms with Crippen molar-refractivity contribution in [1.29, 1.82) is 0 Å². The first kappa shape index (κ1) is 23.8. The first-order valence-electron chi connectivity index (χ1n) is 9.23. The Labute approximate surface area is 184 Å². The monoisotopic (exact) mass is 476 g/mol. The summed E-state index contributed by atoms with van der Waals surface area (Å²) in [6.07, 6.45) is -4.79. The van der Waals surface area contributed by atoms with Crippen molar-refractivity contribution in [1.82, 2.24) is 4.98 Å². The number of methoxy groups -OCH3 is 2. The number of H-pyrrole nitrogens is 1. The first-order valence-corrected chi connectivity index (χ1v) is 9.61. The summed E-state index contributed by atoms with van der Waals surface area (Å²) >= 11 is 6.08. The minimum absolute atomic E-state index is 0.0566. The van der Waals surface area contributed by atoms with Crippen LogP contribution in [0.4, 0.5) is 27.6 Å². The zero-order valence-corrected chi connectivity index (χ0v) is 17.6. The molecule has 3 aromatic rings. The zero-order valence-electron chi connectivity index (χ0n) is 16.8. The van der Waals surface area contributed by atoms with E-state index in [1.807, 2.05) is 0 Å². The number of ether oxygens (including phenoxy) is 2. The number of fused-ring (bicyclic) bond motifs is 1. The topological polar surface area (TPSA) is 63.3 Å². The van der Waals surface area contributed by atoms with Crippen LogP contribution < -0.4 is 15.6 Å². The van der Waals surface area contributed by atoms with Gasteiger partial charge in [-0.3, -0.25) is 4.79 Å². The molecule has 172 valence electrons. The molecule has 0 amide bonds. The fraction of sp³-hybridized carbons (Fsp3) is 0.286. The molecule has 1 heterocycles. The summed E-state index contributed by atoms with van der Waals surface area (Å²) in [6, 6.07) is 5.17. The highest BCUT2D eigenvalue weighted by Gasteiger charge is 2.46. The van der Waals surface area contributed by atoms with Gasteiger partial charge in [-0.05, 0) is 29.8 Å². The molecule has 0 unspecified atom stereocenters. The number of alkyl halides is 3. The van der Waals surface area contributed by atoms with Gasteiger partial charge in [0, 0.05) is 24.2 Å². The van der Waals surface area contributed by atoms with Crippen molar-refractivity contribution >= 4 is 28.2 Å². The minimum Gasteiger partial charge on any atom is -0.494 e. The lowest BCUT2D eigenvalue weighted by Gasteiger charge is -2.31. The molecular weight excluding hydrogens is 459 g/mol. The highest BCUT2D eigenvalue weighted by atomic mass is 35.5. The molecule has 0 aliphatic carbocycles. The maximum absolute atomic E-state index is 14.6. The van der Waals surface area contributed by atoms with Gasteiger partial charge in [-0.15, -0.1) is 0 Å². The summed E-state index contributed by atoms with van der Waals surface area (Å²) in [5.41, 5.74) is -0.732. The van der Waals surface area contributed by atoms with Gasteiger partial charge in [-0.2, -0.15) is 13.2 Å². The van der Waals surface area contributed by atoms with Crippen molar-refractivity contribution in [3.8, 4) is 5.75 Å². The van der Waals surface area contributed by atoms with Gasteiger partial charge in [0.05, 0.1) is 30.3 Å². The van der Waals surface area contributed by atoms with E-state index in [0.717, 1.165) is 31.4 Å². The number of halogens is 6. The van der Waals surface area contributed by atoms with Crippen LogP contribution in [0.25, 0.3) is 10.9 Å². The Balaban J connectivity index is 2.22. The lowest BCUT2D eigenvalue weighted by atomic mass is 9.91. The number of benzene rings is 2. The van der Waals surface area contributed by atoms with E-state index >= 15 is 0 Å². The molecular formula is C21H18ClF5N2O3. The summed E-state index contributed by atoms with van der Waals surface area (Å²) in [5, 5.41) is 2.31. The Morgan fingerprint density at radius 1 is 1.12 bits per heavy atom. The molecule has 0 aliphatic heterocycles. The number of hydrogen-bond donors (Lipinski definition) is 2. The van der Waals surface area contributed by atoms with Gasteiger partial charge in [-0.1, -0.05) is 17.7 Å². The Hall–Kier alpha value is -2.85. The molecule has 3 rings (SSSR count). The normalized spacial score (nSPS) is 13.8. The average Bonchev–Trinajstić information content (AvgIpc) is 2.71. The predicted octanol–water partition coefficient (Wildman–Crippen LogP) is 5.45. The van der Waals surface area contributed by atoms with Gasteiger partial charge in [0.25, 0.3) is 0 Å². The van der Waals surface area contributed by atoms with E-state index in [4.69, 9.17) is 21.1 Å². The van der Waals surface area contributed by atoms with E-state index in [1.165, 1.54) is 19.2 Å². The van der Waals surface area contributed by atoms with Crippen molar-refractivity contribution in [2.45, 2.75) is 12.2 Å². The second-order valence-corrected chi connectivity index (χ2v) is 7.33. The first-order chi connectivity index (χ1) is 15.1. The molecule has 11 heteroatoms. The molecule has 0 aliphatic rings. The van der Waals surface area contributed by atoms with Crippen LogP contribution in [0.2, 0.25) is 5.02 Å². The maximum atomic E-state index is 14.6. The van der Waals surface area contributed by atoms with Crippen molar-refractivity contribution in [3.63, 3.8) is 0 Å². The van der Waals surface area contributed by atoms with E-state index in [0.29, 0.717) is 0 Å². The largest absolute Gasteiger partial charge is 0.494 e. The predicted molar refractivity (Wildman–Crippen MR) is 110 cm³/mol. The molecule has 32 heavy (non-hydrogen) atoms. The van der Waals surface area contributed by atoms with Gasteiger partial charge >= 0.3 is 6.18 Å². The van der Waals surface area contributed by atoms with E-state index in [9.17, 15) is 26.7 Å². The van der Waals surface area contributed by atoms with Crippen LogP contribution in [0.5, 0.6) is 5.75 Å². The molecule has 0 spiro atoms. The Morgan fingerprint density at radius 2 is 1.84 bits per heavy atom. The summed E-state index contributed by atoms with van der Waals surface area (Å²) < 4.78 is 80.3. The third-order valence-corrected chi connectivity index (χ3v) is 5.30. The molecule has 5 nitrogen and oxygen atoms in total. The SMILES string of the molecule is COC[C@@H]([C@@H](Nc1cc(F)cc2[nH]c(=O)ccc12)c1ccc(OC)c(F)c1Cl)C(F)(F)F. The summed E-state index contributed by atoms with van der Waals surface area (Å²) in [5.74, 6) is -4.27. The number of aromatic nitrogens is 1. The summed E-state index contributed by atoms with van der Waals surface area (Å²) in [6.45, 7) is -0.783. The quantitative estimate of drug-likeness (QED) is 0.445. The third-order valence-electron chi connectivity index (χ3n) is 4.92. The second-order valence-electron chi connectivity index (χ2n) is 6.95. The molecule has 0 bridgehead atoms. The standard InChI is InChI=1S/C21H18ClF5N2O3/c1-31-9-13(21(25,26)27)20(12-3-5-16(32-2)19(24)18(12)22)29-15-8-10(23)7-14-11(15)4-6-17(30)28-14/h3-8,13,20,29H,9H2,1-2H3,(H,28,30)/t13-,20-/m0/s1. The van der Waals surface area contributed by atoms with E-state index in [1.54, 1.807) is 0 Å². The number of pyridine rings is 1. The summed E-state index contributed by atoms with van der Waals surface area (Å²) in [4.78, 5) is 14.0. The van der Waals surface area contributed by atoms with Crippen LogP contribution in [-0.2, 0) is 4.74 Å². The van der Waals surface area contributed by atoms with Crippen molar-refractivity contribution in [2.24, 2.45) is 5.92 Å². The zero-order chi connectivity index (χ0) is 23.6. The molecule has 0 fully saturated rings. The molecule has 2 atom stereocenters. The summed E-state index contributed by atoms with van der Waals surface area (Å²) in [7, 11) is 2.28. The lowest BCUT2D eigenvalue weighted by molar-refractivity contribution is -0.190. The van der Waals surface area contributed by atoms with Gasteiger partial charge in [0.1, 0.15) is 11.7 Å². The molecule has 0 saturated heterocycles. The number of rotatable bonds is 7. The molecule has 2 aromatic carbocycles. The van der Waals surface area contributed by atoms with E-state index < -0.39 is 47.0 Å². The maximum Gasteiger partial charge on any atom is 0.396 e. The Morgan fingerprint density at radius 3 is 2.47 bits per heavy atom. The minimum atomic E-state index is -4.79. The third kappa shape index (κ3) is 4.81. The van der Waals surface area contributed by atoms with Crippen LogP contribution >= 0.6 is 11.6 Å². The Kier molecular flexibility index (Phi) is 6.94. The van der Waals surface area contributed by atoms with Crippen LogP contribution in [0, 0.1) is 17.6 Å². The highest BCUT2D eigenvalue weighted by Crippen LogP contribution is 2.43. The molecule has 1 aromatic heterocycles. The van der Waals surface area contributed by atoms with Crippen LogP contribution in [0.15, 0.2) is 41.2 Å². The van der Waals surface area contributed by atoms with Crippen LogP contribution in [-0.4, -0.2) is 32.0 Å². The van der Waals surface area contributed by atoms with Gasteiger partial charge in [-0.25, -0.2) is 8.78 Å². The van der Waals surface area contributed by atoms with E-state index in [-0.39, 0.29) is 27.9 Å². The van der Waals surface area contributed by atoms with E-state index in [2.05, 4.69) is 10.3 Å². The fourth-order valence-corrected chi connectivity index (χ4v) is 3.69. The van der Waals surface area contributed by atoms with Gasteiger partial charge < -0.3 is 19.8 Å².